The number of methoxy groups -OCH3 is 1. The molecule has 0 aliphatic heterocycles. The van der Waals surface area contributed by atoms with Crippen LogP contribution in [0.1, 0.15) is 16.7 Å². The summed E-state index contributed by atoms with van der Waals surface area (Å²) in [6.45, 7) is 3.36. The first-order valence-electron chi connectivity index (χ1n) is 9.94. The zero-order valence-electron chi connectivity index (χ0n) is 17.9. The van der Waals surface area contributed by atoms with E-state index in [0.717, 1.165) is 0 Å². The van der Waals surface area contributed by atoms with Crippen LogP contribution in [0.2, 0.25) is 0 Å². The fourth-order valence-electron chi connectivity index (χ4n) is 3.88. The normalized spacial score (nSPS) is 11.6. The molecule has 6 nitrogen and oxygen atoms in total. The van der Waals surface area contributed by atoms with Crippen LogP contribution in [-0.4, -0.2) is 20.6 Å². The Morgan fingerprint density at radius 2 is 1.62 bits per heavy atom. The van der Waals surface area contributed by atoms with Crippen molar-refractivity contribution in [3.8, 4) is 22.8 Å². The molecule has 0 aliphatic carbocycles. The van der Waals surface area contributed by atoms with Crippen molar-refractivity contribution in [2.75, 3.05) is 7.11 Å². The zero-order chi connectivity index (χ0) is 23.0. The van der Waals surface area contributed by atoms with E-state index in [1.807, 2.05) is 6.07 Å². The van der Waals surface area contributed by atoms with Crippen LogP contribution in [0.5, 0.6) is 11.5 Å². The molecule has 0 bridgehead atoms. The summed E-state index contributed by atoms with van der Waals surface area (Å²) >= 11 is 0. The topological polar surface area (TPSA) is 93.8 Å². The molecule has 0 amide bonds. The maximum absolute atomic E-state index is 13.4. The van der Waals surface area contributed by atoms with E-state index < -0.39 is 21.0 Å². The summed E-state index contributed by atoms with van der Waals surface area (Å²) in [5, 5.41) is 10.7. The van der Waals surface area contributed by atoms with Gasteiger partial charge in [0.05, 0.1) is 18.2 Å². The van der Waals surface area contributed by atoms with Crippen LogP contribution in [0.25, 0.3) is 22.3 Å². The minimum absolute atomic E-state index is 0.0474. The largest absolute Gasteiger partial charge is 0.502 e. The van der Waals surface area contributed by atoms with Gasteiger partial charge >= 0.3 is 0 Å². The molecule has 0 aliphatic rings. The number of hydrogen-bond donors (Lipinski definition) is 1. The molecule has 1 heterocycles. The average molecular weight is 451 g/mol. The predicted molar refractivity (Wildman–Crippen MR) is 123 cm³/mol. The molecule has 32 heavy (non-hydrogen) atoms. The summed E-state index contributed by atoms with van der Waals surface area (Å²) < 4.78 is 38.0. The van der Waals surface area contributed by atoms with Gasteiger partial charge in [-0.2, -0.15) is 0 Å². The molecule has 3 aromatic carbocycles. The lowest BCUT2D eigenvalue weighted by atomic mass is 10.0. The van der Waals surface area contributed by atoms with E-state index in [1.54, 1.807) is 68.4 Å². The van der Waals surface area contributed by atoms with Gasteiger partial charge in [0.15, 0.2) is 21.2 Å². The number of rotatable bonds is 5. The van der Waals surface area contributed by atoms with Crippen molar-refractivity contribution >= 4 is 20.8 Å². The molecule has 0 unspecified atom stereocenters. The highest BCUT2D eigenvalue weighted by Crippen LogP contribution is 2.36. The van der Waals surface area contributed by atoms with Crippen LogP contribution in [0.3, 0.4) is 0 Å². The SMILES string of the molecule is COc1ccc(-c2oc3c(S(=O)(=O)Cc4ccccc4)c(C)cc(C)c3c(=O)c2O)cc1. The first-order valence-corrected chi connectivity index (χ1v) is 11.6. The molecule has 0 saturated heterocycles. The molecule has 0 atom stereocenters. The van der Waals surface area contributed by atoms with Gasteiger partial charge in [-0.05, 0) is 54.8 Å². The van der Waals surface area contributed by atoms with E-state index >= 15 is 0 Å². The highest BCUT2D eigenvalue weighted by atomic mass is 32.2. The van der Waals surface area contributed by atoms with Crippen LogP contribution < -0.4 is 10.2 Å². The molecule has 0 saturated carbocycles. The Bertz CT molecular complexity index is 1470. The van der Waals surface area contributed by atoms with Gasteiger partial charge in [0, 0.05) is 5.56 Å². The summed E-state index contributed by atoms with van der Waals surface area (Å²) in [4.78, 5) is 13.0. The minimum Gasteiger partial charge on any atom is -0.502 e. The lowest BCUT2D eigenvalue weighted by Crippen LogP contribution is -2.12. The average Bonchev–Trinajstić information content (AvgIpc) is 2.76. The fraction of sp³-hybridized carbons (Fsp3) is 0.160. The molecular weight excluding hydrogens is 428 g/mol. The van der Waals surface area contributed by atoms with E-state index in [1.165, 1.54) is 7.11 Å². The molecule has 1 aromatic heterocycles. The van der Waals surface area contributed by atoms with Crippen molar-refractivity contribution in [1.82, 2.24) is 0 Å². The molecule has 1 N–H and O–H groups in total. The monoisotopic (exact) mass is 450 g/mol. The Morgan fingerprint density at radius 3 is 2.25 bits per heavy atom. The number of aromatic hydroxyl groups is 1. The van der Waals surface area contributed by atoms with Crippen molar-refractivity contribution < 1.29 is 22.7 Å². The summed E-state index contributed by atoms with van der Waals surface area (Å²) in [7, 11) is -2.34. The first kappa shape index (κ1) is 21.6. The molecule has 0 fully saturated rings. The van der Waals surface area contributed by atoms with E-state index in [2.05, 4.69) is 0 Å². The lowest BCUT2D eigenvalue weighted by molar-refractivity contribution is 0.414. The van der Waals surface area contributed by atoms with Crippen molar-refractivity contribution in [1.29, 1.82) is 0 Å². The van der Waals surface area contributed by atoms with E-state index in [4.69, 9.17) is 9.15 Å². The van der Waals surface area contributed by atoms with Crippen molar-refractivity contribution in [2.24, 2.45) is 0 Å². The minimum atomic E-state index is -3.86. The molecule has 4 aromatic rings. The van der Waals surface area contributed by atoms with Gasteiger partial charge in [-0.1, -0.05) is 36.4 Å². The van der Waals surface area contributed by atoms with Crippen LogP contribution in [0.4, 0.5) is 0 Å². The lowest BCUT2D eigenvalue weighted by Gasteiger charge is -2.14. The van der Waals surface area contributed by atoms with Gasteiger partial charge in [-0.15, -0.1) is 0 Å². The Kier molecular flexibility index (Phi) is 5.52. The van der Waals surface area contributed by atoms with Gasteiger partial charge in [0.2, 0.25) is 11.2 Å². The smallest absolute Gasteiger partial charge is 0.235 e. The van der Waals surface area contributed by atoms with Gasteiger partial charge in [0.1, 0.15) is 10.6 Å². The summed E-state index contributed by atoms with van der Waals surface area (Å²) in [5.74, 6) is -0.309. The maximum Gasteiger partial charge on any atom is 0.235 e. The second-order valence-corrected chi connectivity index (χ2v) is 9.55. The van der Waals surface area contributed by atoms with Crippen LogP contribution >= 0.6 is 0 Å². The van der Waals surface area contributed by atoms with Crippen LogP contribution in [0.15, 0.2) is 74.8 Å². The number of benzene rings is 3. The quantitative estimate of drug-likeness (QED) is 0.471. The molecule has 0 radical (unpaired) electrons. The van der Waals surface area contributed by atoms with E-state index in [-0.39, 0.29) is 27.4 Å². The standard InChI is InChI=1S/C25H22O6S/c1-15-13-16(2)25(32(28,29)14-17-7-5-4-6-8-17)24-20(15)21(26)22(27)23(31-24)18-9-11-19(30-3)12-10-18/h4-13,27H,14H2,1-3H3. The van der Waals surface area contributed by atoms with Gasteiger partial charge in [-0.3, -0.25) is 4.79 Å². The second kappa shape index (κ2) is 8.16. The van der Waals surface area contributed by atoms with Crippen molar-refractivity contribution in [3.05, 3.63) is 87.6 Å². The number of ether oxygens (including phenoxy) is 1. The van der Waals surface area contributed by atoms with E-state index in [9.17, 15) is 18.3 Å². The fourth-order valence-corrected chi connectivity index (χ4v) is 5.63. The van der Waals surface area contributed by atoms with Gasteiger partial charge in [-0.25, -0.2) is 8.42 Å². The van der Waals surface area contributed by atoms with Crippen molar-refractivity contribution in [2.45, 2.75) is 24.5 Å². The Balaban J connectivity index is 2.01. The third-order valence-corrected chi connectivity index (χ3v) is 7.19. The third-order valence-electron chi connectivity index (χ3n) is 5.34. The van der Waals surface area contributed by atoms with E-state index in [0.29, 0.717) is 28.0 Å². The Morgan fingerprint density at radius 1 is 0.969 bits per heavy atom. The summed E-state index contributed by atoms with van der Waals surface area (Å²) in [6, 6.07) is 17.0. The summed E-state index contributed by atoms with van der Waals surface area (Å²) in [5.41, 5.74) is 1.32. The molecule has 0 spiro atoms. The molecule has 7 heteroatoms. The molecule has 4 rings (SSSR count). The first-order chi connectivity index (χ1) is 15.2. The number of hydrogen-bond acceptors (Lipinski definition) is 6. The highest BCUT2D eigenvalue weighted by molar-refractivity contribution is 7.91. The Hall–Kier alpha value is -3.58. The molecule has 164 valence electrons. The van der Waals surface area contributed by atoms with Crippen LogP contribution in [0, 0.1) is 13.8 Å². The second-order valence-electron chi connectivity index (χ2n) is 7.63. The highest BCUT2D eigenvalue weighted by Gasteiger charge is 2.27. The molecular formula is C25H22O6S. The third kappa shape index (κ3) is 3.76. The number of sulfone groups is 1. The Labute approximate surface area is 185 Å². The zero-order valence-corrected chi connectivity index (χ0v) is 18.7. The maximum atomic E-state index is 13.4. The van der Waals surface area contributed by atoms with Gasteiger partial charge in [0.25, 0.3) is 0 Å². The van der Waals surface area contributed by atoms with Crippen molar-refractivity contribution in [3.63, 3.8) is 0 Å². The van der Waals surface area contributed by atoms with Gasteiger partial charge < -0.3 is 14.3 Å². The number of fused-ring (bicyclic) bond motifs is 1. The summed E-state index contributed by atoms with van der Waals surface area (Å²) in [6.07, 6.45) is 0. The van der Waals surface area contributed by atoms with Crippen LogP contribution in [-0.2, 0) is 15.6 Å². The number of aryl methyl sites for hydroxylation is 2. The predicted octanol–water partition coefficient (Wildman–Crippen LogP) is 4.76.